The van der Waals surface area contributed by atoms with E-state index in [1.54, 1.807) is 27.7 Å². The fraction of sp³-hybridized carbons (Fsp3) is 0.409. The van der Waals surface area contributed by atoms with E-state index < -0.39 is 0 Å². The molecule has 0 aliphatic carbocycles. The fourth-order valence-corrected chi connectivity index (χ4v) is 6.21. The van der Waals surface area contributed by atoms with Crippen LogP contribution in [0.25, 0.3) is 21.7 Å². The molecule has 0 saturated heterocycles. The minimum Gasteiger partial charge on any atom is -0.370 e. The van der Waals surface area contributed by atoms with Crippen molar-refractivity contribution in [2.45, 2.75) is 57.4 Å². The van der Waals surface area contributed by atoms with E-state index in [1.165, 1.54) is 0 Å². The largest absolute Gasteiger partial charge is 0.370 e. The molecule has 1 aliphatic heterocycles. The van der Waals surface area contributed by atoms with Crippen molar-refractivity contribution in [3.63, 3.8) is 0 Å². The molecule has 0 atom stereocenters. The van der Waals surface area contributed by atoms with Gasteiger partial charge >= 0.3 is 0 Å². The summed E-state index contributed by atoms with van der Waals surface area (Å²) in [6.07, 6.45) is 2.97. The van der Waals surface area contributed by atoms with Gasteiger partial charge in [0.1, 0.15) is 4.83 Å². The molecule has 5 rings (SSSR count). The van der Waals surface area contributed by atoms with E-state index >= 15 is 0 Å². The highest BCUT2D eigenvalue weighted by Gasteiger charge is 2.32. The standard InChI is InChI=1S/C22H24N4O2S2/c1-4-5-11-29-21-24-23-20-25(14-9-7-6-8-10-14)18(27)17-15-12-22(2,3)28-13-16(15)30-19(17)26(20)21/h6-10H,4-5,11-13H2,1-3H3. The first-order valence-corrected chi connectivity index (χ1v) is 12.1. The van der Waals surface area contributed by atoms with E-state index in [1.807, 2.05) is 30.3 Å². The maximum Gasteiger partial charge on any atom is 0.268 e. The van der Waals surface area contributed by atoms with Crippen LogP contribution in [0.5, 0.6) is 0 Å². The average molecular weight is 441 g/mol. The monoisotopic (exact) mass is 440 g/mol. The Kier molecular flexibility index (Phi) is 4.95. The summed E-state index contributed by atoms with van der Waals surface area (Å²) < 4.78 is 9.81. The van der Waals surface area contributed by atoms with Crippen LogP contribution in [0.2, 0.25) is 0 Å². The second kappa shape index (κ2) is 7.51. The number of rotatable bonds is 5. The van der Waals surface area contributed by atoms with E-state index in [0.29, 0.717) is 12.4 Å². The summed E-state index contributed by atoms with van der Waals surface area (Å²) in [5, 5.41) is 10.5. The number of hydrogen-bond acceptors (Lipinski definition) is 6. The van der Waals surface area contributed by atoms with Crippen LogP contribution in [-0.2, 0) is 17.8 Å². The minimum atomic E-state index is -0.286. The molecule has 4 heterocycles. The summed E-state index contributed by atoms with van der Waals surface area (Å²) in [7, 11) is 0. The molecule has 0 amide bonds. The Hall–Kier alpha value is -2.16. The Morgan fingerprint density at radius 3 is 2.80 bits per heavy atom. The van der Waals surface area contributed by atoms with E-state index in [4.69, 9.17) is 4.74 Å². The van der Waals surface area contributed by atoms with Crippen LogP contribution in [-0.4, -0.2) is 30.5 Å². The smallest absolute Gasteiger partial charge is 0.268 e. The van der Waals surface area contributed by atoms with Crippen molar-refractivity contribution in [2.24, 2.45) is 0 Å². The Morgan fingerprint density at radius 1 is 1.23 bits per heavy atom. The highest BCUT2D eigenvalue weighted by atomic mass is 32.2. The zero-order valence-corrected chi connectivity index (χ0v) is 19.0. The van der Waals surface area contributed by atoms with Crippen molar-refractivity contribution in [3.8, 4) is 5.69 Å². The lowest BCUT2D eigenvalue weighted by molar-refractivity contribution is -0.0379. The first kappa shape index (κ1) is 19.8. The van der Waals surface area contributed by atoms with E-state index in [2.05, 4.69) is 35.4 Å². The predicted octanol–water partition coefficient (Wildman–Crippen LogP) is 4.84. The number of unbranched alkanes of at least 4 members (excludes halogenated alkanes) is 1. The van der Waals surface area contributed by atoms with Crippen LogP contribution in [0.15, 0.2) is 40.3 Å². The van der Waals surface area contributed by atoms with E-state index in [-0.39, 0.29) is 11.2 Å². The van der Waals surface area contributed by atoms with Gasteiger partial charge in [-0.1, -0.05) is 43.3 Å². The molecular weight excluding hydrogens is 416 g/mol. The van der Waals surface area contributed by atoms with Gasteiger partial charge in [-0.25, -0.2) is 8.97 Å². The first-order chi connectivity index (χ1) is 14.5. The average Bonchev–Trinajstić information content (AvgIpc) is 3.30. The van der Waals surface area contributed by atoms with Gasteiger partial charge in [-0.3, -0.25) is 4.79 Å². The Morgan fingerprint density at radius 2 is 2.03 bits per heavy atom. The number of ether oxygens (including phenoxy) is 1. The number of benzene rings is 1. The van der Waals surface area contributed by atoms with Crippen molar-refractivity contribution in [1.82, 2.24) is 19.2 Å². The number of hydrogen-bond donors (Lipinski definition) is 0. The molecular formula is C22H24N4O2S2. The highest BCUT2D eigenvalue weighted by Crippen LogP contribution is 2.39. The lowest BCUT2D eigenvalue weighted by Crippen LogP contribution is -2.32. The quantitative estimate of drug-likeness (QED) is 0.328. The fourth-order valence-electron chi connectivity index (χ4n) is 3.92. The third-order valence-corrected chi connectivity index (χ3v) is 7.65. The van der Waals surface area contributed by atoms with Crippen LogP contribution >= 0.6 is 23.1 Å². The third kappa shape index (κ3) is 3.18. The van der Waals surface area contributed by atoms with Crippen molar-refractivity contribution < 1.29 is 4.74 Å². The van der Waals surface area contributed by atoms with Crippen LogP contribution in [0.4, 0.5) is 0 Å². The number of para-hydroxylation sites is 1. The minimum absolute atomic E-state index is 0.0311. The molecule has 3 aromatic heterocycles. The van der Waals surface area contributed by atoms with Gasteiger partial charge in [0.2, 0.25) is 5.78 Å². The molecule has 156 valence electrons. The summed E-state index contributed by atoms with van der Waals surface area (Å²) in [5.74, 6) is 1.54. The van der Waals surface area contributed by atoms with Crippen molar-refractivity contribution >= 4 is 39.1 Å². The third-order valence-electron chi connectivity index (χ3n) is 5.45. The second-order valence-electron chi connectivity index (χ2n) is 8.21. The van der Waals surface area contributed by atoms with Gasteiger partial charge in [0.15, 0.2) is 5.16 Å². The molecule has 0 spiro atoms. The molecule has 0 fully saturated rings. The summed E-state index contributed by atoms with van der Waals surface area (Å²) >= 11 is 3.34. The summed E-state index contributed by atoms with van der Waals surface area (Å²) in [6.45, 7) is 6.88. The molecule has 0 N–H and O–H groups in total. The van der Waals surface area contributed by atoms with Crippen LogP contribution in [0.1, 0.15) is 44.1 Å². The lowest BCUT2D eigenvalue weighted by Gasteiger charge is -2.29. The highest BCUT2D eigenvalue weighted by molar-refractivity contribution is 7.99. The molecule has 4 aromatic rings. The Labute approximate surface area is 182 Å². The Bertz CT molecular complexity index is 1290. The van der Waals surface area contributed by atoms with Crippen LogP contribution in [0.3, 0.4) is 0 Å². The van der Waals surface area contributed by atoms with Gasteiger partial charge < -0.3 is 4.74 Å². The zero-order valence-electron chi connectivity index (χ0n) is 17.3. The predicted molar refractivity (Wildman–Crippen MR) is 122 cm³/mol. The van der Waals surface area contributed by atoms with Crippen molar-refractivity contribution in [3.05, 3.63) is 51.1 Å². The maximum absolute atomic E-state index is 13.8. The number of fused-ring (bicyclic) bond motifs is 5. The normalized spacial score (nSPS) is 15.7. The molecule has 1 aromatic carbocycles. The van der Waals surface area contributed by atoms with Gasteiger partial charge in [-0.2, -0.15) is 0 Å². The van der Waals surface area contributed by atoms with Gasteiger partial charge in [-0.15, -0.1) is 21.5 Å². The second-order valence-corrected chi connectivity index (χ2v) is 10.4. The van der Waals surface area contributed by atoms with Crippen molar-refractivity contribution in [2.75, 3.05) is 5.75 Å². The molecule has 0 bridgehead atoms. The van der Waals surface area contributed by atoms with Crippen LogP contribution < -0.4 is 5.56 Å². The van der Waals surface area contributed by atoms with Gasteiger partial charge in [0.05, 0.1) is 23.3 Å². The Balaban J connectivity index is 1.85. The first-order valence-electron chi connectivity index (χ1n) is 10.3. The number of nitrogens with zero attached hydrogens (tertiary/aromatic N) is 4. The van der Waals surface area contributed by atoms with Crippen LogP contribution in [0, 0.1) is 0 Å². The van der Waals surface area contributed by atoms with E-state index in [0.717, 1.165) is 56.5 Å². The molecule has 0 unspecified atom stereocenters. The maximum atomic E-state index is 13.8. The SMILES string of the molecule is CCCCSc1nnc2n(-c3ccccc3)c(=O)c3c4c(sc3n12)COC(C)(C)C4. The molecule has 8 heteroatoms. The number of thiophene rings is 1. The lowest BCUT2D eigenvalue weighted by atomic mass is 9.94. The summed E-state index contributed by atoms with van der Waals surface area (Å²) in [4.78, 5) is 15.9. The van der Waals surface area contributed by atoms with Gasteiger partial charge in [0, 0.05) is 17.1 Å². The molecule has 30 heavy (non-hydrogen) atoms. The summed E-state index contributed by atoms with van der Waals surface area (Å²) in [5.41, 5.74) is 1.60. The molecule has 6 nitrogen and oxygen atoms in total. The topological polar surface area (TPSA) is 61.4 Å². The molecule has 0 radical (unpaired) electrons. The van der Waals surface area contributed by atoms with Gasteiger partial charge in [0.25, 0.3) is 5.56 Å². The molecule has 0 saturated carbocycles. The van der Waals surface area contributed by atoms with Crippen molar-refractivity contribution in [1.29, 1.82) is 0 Å². The van der Waals surface area contributed by atoms with Gasteiger partial charge in [-0.05, 0) is 38.0 Å². The zero-order chi connectivity index (χ0) is 20.9. The summed E-state index contributed by atoms with van der Waals surface area (Å²) in [6, 6.07) is 9.72. The number of aromatic nitrogens is 4. The number of thioether (sulfide) groups is 1. The van der Waals surface area contributed by atoms with E-state index in [9.17, 15) is 4.79 Å². The molecule has 1 aliphatic rings.